The largest absolute Gasteiger partial charge is 0.492 e. The van der Waals surface area contributed by atoms with Crippen molar-refractivity contribution in [2.24, 2.45) is 0 Å². The van der Waals surface area contributed by atoms with Crippen LogP contribution in [0, 0.1) is 10.1 Å². The second-order valence-corrected chi connectivity index (χ2v) is 3.18. The van der Waals surface area contributed by atoms with E-state index < -0.39 is 4.92 Å². The van der Waals surface area contributed by atoms with E-state index >= 15 is 0 Å². The molecule has 0 spiro atoms. The second-order valence-electron chi connectivity index (χ2n) is 2.40. The Morgan fingerprint density at radius 1 is 1.50 bits per heavy atom. The van der Waals surface area contributed by atoms with Gasteiger partial charge in [0.05, 0.1) is 11.5 Å². The fourth-order valence-corrected chi connectivity index (χ4v) is 1.52. The van der Waals surface area contributed by atoms with Crippen molar-refractivity contribution in [1.82, 2.24) is 0 Å². The molecule has 0 atom stereocenters. The van der Waals surface area contributed by atoms with Gasteiger partial charge in [-0.25, -0.2) is 0 Å². The van der Waals surface area contributed by atoms with E-state index in [9.17, 15) is 10.1 Å². The van der Waals surface area contributed by atoms with Gasteiger partial charge in [-0.2, -0.15) is 0 Å². The summed E-state index contributed by atoms with van der Waals surface area (Å²) in [6.45, 7) is 2.15. The van der Waals surface area contributed by atoms with Crippen LogP contribution in [-0.2, 0) is 0 Å². The van der Waals surface area contributed by atoms with Gasteiger partial charge < -0.3 is 4.74 Å². The summed E-state index contributed by atoms with van der Waals surface area (Å²) in [5.41, 5.74) is -0.320. The fraction of sp³-hybridized carbons (Fsp3) is 0.250. The number of nitro groups is 1. The smallest absolute Gasteiger partial charge is 0.310 e. The minimum atomic E-state index is -0.632. The van der Waals surface area contributed by atoms with Gasteiger partial charge in [0.15, 0.2) is 5.02 Å². The second kappa shape index (κ2) is 4.48. The van der Waals surface area contributed by atoms with Gasteiger partial charge in [0.1, 0.15) is 10.8 Å². The van der Waals surface area contributed by atoms with Crippen LogP contribution in [0.15, 0.2) is 12.1 Å². The zero-order chi connectivity index (χ0) is 10.7. The van der Waals surface area contributed by atoms with Crippen LogP contribution in [0.25, 0.3) is 0 Å². The molecule has 0 heterocycles. The highest BCUT2D eigenvalue weighted by Gasteiger charge is 2.21. The molecule has 76 valence electrons. The minimum absolute atomic E-state index is 0.00320. The lowest BCUT2D eigenvalue weighted by Gasteiger charge is -2.05. The first-order valence-corrected chi connectivity index (χ1v) is 4.58. The molecule has 6 heteroatoms. The first-order chi connectivity index (χ1) is 6.57. The molecule has 1 aromatic rings. The molecule has 1 rings (SSSR count). The maximum Gasteiger partial charge on any atom is 0.310 e. The molecule has 0 aliphatic rings. The van der Waals surface area contributed by atoms with Crippen molar-refractivity contribution in [3.63, 3.8) is 0 Å². The topological polar surface area (TPSA) is 52.4 Å². The van der Waals surface area contributed by atoms with Gasteiger partial charge in [0, 0.05) is 0 Å². The van der Waals surface area contributed by atoms with E-state index in [1.54, 1.807) is 6.92 Å². The Kier molecular flexibility index (Phi) is 3.55. The summed E-state index contributed by atoms with van der Waals surface area (Å²) in [5, 5.41) is 10.5. The van der Waals surface area contributed by atoms with E-state index in [0.29, 0.717) is 6.61 Å². The minimum Gasteiger partial charge on any atom is -0.492 e. The number of rotatable bonds is 3. The van der Waals surface area contributed by atoms with Crippen molar-refractivity contribution < 1.29 is 9.66 Å². The van der Waals surface area contributed by atoms with E-state index in [2.05, 4.69) is 0 Å². The Morgan fingerprint density at radius 3 is 2.64 bits per heavy atom. The van der Waals surface area contributed by atoms with Crippen LogP contribution in [0.3, 0.4) is 0 Å². The molecule has 14 heavy (non-hydrogen) atoms. The van der Waals surface area contributed by atoms with Gasteiger partial charge in [0.25, 0.3) is 0 Å². The molecular formula is C8H7Cl2NO3. The molecule has 0 radical (unpaired) electrons. The van der Waals surface area contributed by atoms with E-state index in [0.717, 1.165) is 0 Å². The quantitative estimate of drug-likeness (QED) is 0.597. The maximum atomic E-state index is 10.6. The van der Waals surface area contributed by atoms with Gasteiger partial charge >= 0.3 is 5.69 Å². The molecule has 0 N–H and O–H groups in total. The summed E-state index contributed by atoms with van der Waals surface area (Å²) in [4.78, 5) is 9.95. The monoisotopic (exact) mass is 235 g/mol. The number of nitro benzene ring substituents is 1. The standard InChI is InChI=1S/C8H7Cl2NO3/c1-2-14-6-4-3-5(9)8(7(6)10)11(12)13/h3-4H,2H2,1H3. The predicted octanol–water partition coefficient (Wildman–Crippen LogP) is 3.30. The number of halogens is 2. The molecule has 1 aromatic carbocycles. The van der Waals surface area contributed by atoms with Crippen molar-refractivity contribution in [3.05, 3.63) is 32.3 Å². The maximum absolute atomic E-state index is 10.6. The van der Waals surface area contributed by atoms with E-state index in [1.807, 2.05) is 0 Å². The van der Waals surface area contributed by atoms with Crippen LogP contribution in [0.1, 0.15) is 6.92 Å². The van der Waals surface area contributed by atoms with Gasteiger partial charge in [-0.05, 0) is 19.1 Å². The van der Waals surface area contributed by atoms with E-state index in [1.165, 1.54) is 12.1 Å². The molecule has 0 amide bonds. The van der Waals surface area contributed by atoms with Crippen molar-refractivity contribution in [3.8, 4) is 5.75 Å². The molecule has 0 saturated carbocycles. The summed E-state index contributed by atoms with van der Waals surface area (Å²) in [7, 11) is 0. The molecule has 0 bridgehead atoms. The number of ether oxygens (including phenoxy) is 1. The van der Waals surface area contributed by atoms with Crippen molar-refractivity contribution >= 4 is 28.9 Å². The van der Waals surface area contributed by atoms with Crippen LogP contribution in [0.2, 0.25) is 10.0 Å². The SMILES string of the molecule is CCOc1ccc(Cl)c([N+](=O)[O-])c1Cl. The van der Waals surface area contributed by atoms with Crippen LogP contribution in [0.4, 0.5) is 5.69 Å². The van der Waals surface area contributed by atoms with Gasteiger partial charge in [0.2, 0.25) is 0 Å². The lowest BCUT2D eigenvalue weighted by Crippen LogP contribution is -1.96. The molecule has 0 unspecified atom stereocenters. The first kappa shape index (κ1) is 11.1. The van der Waals surface area contributed by atoms with Crippen LogP contribution in [-0.4, -0.2) is 11.5 Å². The number of hydrogen-bond acceptors (Lipinski definition) is 3. The zero-order valence-electron chi connectivity index (χ0n) is 7.29. The Morgan fingerprint density at radius 2 is 2.14 bits per heavy atom. The molecule has 4 nitrogen and oxygen atoms in total. The molecular weight excluding hydrogens is 229 g/mol. The highest BCUT2D eigenvalue weighted by Crippen LogP contribution is 2.38. The fourth-order valence-electron chi connectivity index (χ4n) is 0.957. The average molecular weight is 236 g/mol. The first-order valence-electron chi connectivity index (χ1n) is 3.83. The number of hydrogen-bond donors (Lipinski definition) is 0. The summed E-state index contributed by atoms with van der Waals surface area (Å²) >= 11 is 11.4. The van der Waals surface area contributed by atoms with Crippen LogP contribution >= 0.6 is 23.2 Å². The van der Waals surface area contributed by atoms with Crippen LogP contribution in [0.5, 0.6) is 5.75 Å². The Bertz CT molecular complexity index is 368. The summed E-state index contributed by atoms with van der Waals surface area (Å²) in [6, 6.07) is 2.89. The number of benzene rings is 1. The third kappa shape index (κ3) is 2.08. The lowest BCUT2D eigenvalue weighted by molar-refractivity contribution is -0.384. The van der Waals surface area contributed by atoms with Gasteiger partial charge in [-0.3, -0.25) is 10.1 Å². The summed E-state index contributed by atoms with van der Waals surface area (Å²) in [5.74, 6) is 0.269. The van der Waals surface area contributed by atoms with Crippen molar-refractivity contribution in [2.45, 2.75) is 6.92 Å². The molecule has 0 fully saturated rings. The Labute approximate surface area is 90.5 Å². The predicted molar refractivity (Wildman–Crippen MR) is 54.3 cm³/mol. The number of nitrogens with zero attached hydrogens (tertiary/aromatic N) is 1. The van der Waals surface area contributed by atoms with Gasteiger partial charge in [-0.1, -0.05) is 23.2 Å². The third-order valence-corrected chi connectivity index (χ3v) is 2.18. The molecule has 0 aliphatic heterocycles. The summed E-state index contributed by atoms with van der Waals surface area (Å²) in [6.07, 6.45) is 0. The Hall–Kier alpha value is -1.00. The van der Waals surface area contributed by atoms with E-state index in [-0.39, 0.29) is 21.5 Å². The lowest BCUT2D eigenvalue weighted by atomic mass is 10.3. The van der Waals surface area contributed by atoms with Crippen molar-refractivity contribution in [2.75, 3.05) is 6.61 Å². The summed E-state index contributed by atoms with van der Waals surface area (Å²) < 4.78 is 5.09. The normalized spacial score (nSPS) is 9.93. The average Bonchev–Trinajstić information content (AvgIpc) is 2.10. The molecule has 0 saturated heterocycles. The van der Waals surface area contributed by atoms with Crippen LogP contribution < -0.4 is 4.74 Å². The van der Waals surface area contributed by atoms with Gasteiger partial charge in [-0.15, -0.1) is 0 Å². The zero-order valence-corrected chi connectivity index (χ0v) is 8.80. The third-order valence-electron chi connectivity index (χ3n) is 1.51. The molecule has 0 aromatic heterocycles. The highest BCUT2D eigenvalue weighted by atomic mass is 35.5. The highest BCUT2D eigenvalue weighted by molar-refractivity contribution is 6.39. The van der Waals surface area contributed by atoms with E-state index in [4.69, 9.17) is 27.9 Å². The molecule has 0 aliphatic carbocycles. The Balaban J connectivity index is 3.26. The van der Waals surface area contributed by atoms with Crippen molar-refractivity contribution in [1.29, 1.82) is 0 Å².